The zero-order valence-corrected chi connectivity index (χ0v) is 12.3. The molecule has 0 radical (unpaired) electrons. The van der Waals surface area contributed by atoms with Crippen molar-refractivity contribution in [2.24, 2.45) is 0 Å². The second-order valence-electron chi connectivity index (χ2n) is 5.03. The molecule has 0 atom stereocenters. The van der Waals surface area contributed by atoms with Crippen LogP contribution in [0.5, 0.6) is 0 Å². The molecule has 1 fully saturated rings. The number of carbonyl (C=O) groups excluding carboxylic acids is 1. The number of aliphatic carboxylic acids is 1. The van der Waals surface area contributed by atoms with Gasteiger partial charge in [0.2, 0.25) is 0 Å². The van der Waals surface area contributed by atoms with Gasteiger partial charge < -0.3 is 10.4 Å². The third-order valence-electron chi connectivity index (χ3n) is 3.56. The number of alkyl halides is 3. The van der Waals surface area contributed by atoms with Gasteiger partial charge >= 0.3 is 12.1 Å². The molecule has 0 aromatic heterocycles. The Morgan fingerprint density at radius 2 is 1.86 bits per heavy atom. The van der Waals surface area contributed by atoms with E-state index in [0.717, 1.165) is 18.2 Å². The van der Waals surface area contributed by atoms with Gasteiger partial charge in [-0.2, -0.15) is 24.9 Å². The van der Waals surface area contributed by atoms with E-state index in [0.29, 0.717) is 11.5 Å². The molecule has 2 rings (SSSR count). The first kappa shape index (κ1) is 16.7. The normalized spacial score (nSPS) is 17.8. The molecule has 4 nitrogen and oxygen atoms in total. The largest absolute Gasteiger partial charge is 0.480 e. The Morgan fingerprint density at radius 3 is 2.41 bits per heavy atom. The van der Waals surface area contributed by atoms with Gasteiger partial charge in [-0.25, -0.2) is 4.79 Å². The second kappa shape index (κ2) is 6.20. The van der Waals surface area contributed by atoms with E-state index in [1.54, 1.807) is 11.8 Å². The van der Waals surface area contributed by atoms with Crippen LogP contribution in [0.15, 0.2) is 24.3 Å². The lowest BCUT2D eigenvalue weighted by molar-refractivity contribution is -0.145. The van der Waals surface area contributed by atoms with Gasteiger partial charge in [-0.15, -0.1) is 0 Å². The minimum Gasteiger partial charge on any atom is -0.480 e. The van der Waals surface area contributed by atoms with Gasteiger partial charge in [-0.3, -0.25) is 4.79 Å². The van der Waals surface area contributed by atoms with Crippen LogP contribution in [0.2, 0.25) is 0 Å². The number of carboxylic acids is 1. The second-order valence-corrected chi connectivity index (χ2v) is 6.26. The highest BCUT2D eigenvalue weighted by Gasteiger charge is 2.41. The van der Waals surface area contributed by atoms with Crippen LogP contribution in [0, 0.1) is 0 Å². The fraction of sp³-hybridized carbons (Fsp3) is 0.429. The maximum Gasteiger partial charge on any atom is 0.416 e. The number of rotatable bonds is 3. The lowest BCUT2D eigenvalue weighted by atomic mass is 9.91. The van der Waals surface area contributed by atoms with Crippen LogP contribution in [0.4, 0.5) is 13.2 Å². The van der Waals surface area contributed by atoms with E-state index in [9.17, 15) is 27.9 Å². The highest BCUT2D eigenvalue weighted by Crippen LogP contribution is 2.30. The summed E-state index contributed by atoms with van der Waals surface area (Å²) in [4.78, 5) is 23.6. The lowest BCUT2D eigenvalue weighted by Crippen LogP contribution is -2.56. The summed E-state index contributed by atoms with van der Waals surface area (Å²) in [5.41, 5.74) is -2.55. The molecular weight excluding hydrogens is 319 g/mol. The Bertz CT molecular complexity index is 583. The average Bonchev–Trinajstić information content (AvgIpc) is 2.47. The molecule has 0 bridgehead atoms. The van der Waals surface area contributed by atoms with Gasteiger partial charge in [0.05, 0.1) is 5.56 Å². The van der Waals surface area contributed by atoms with Gasteiger partial charge in [-0.1, -0.05) is 6.07 Å². The quantitative estimate of drug-likeness (QED) is 0.893. The number of hydrogen-bond donors (Lipinski definition) is 2. The molecule has 8 heteroatoms. The first-order valence-electron chi connectivity index (χ1n) is 6.55. The topological polar surface area (TPSA) is 66.4 Å². The summed E-state index contributed by atoms with van der Waals surface area (Å²) in [6.45, 7) is 0. The van der Waals surface area contributed by atoms with Gasteiger partial charge in [-0.05, 0) is 42.5 Å². The lowest BCUT2D eigenvalue weighted by Gasteiger charge is -2.33. The molecule has 1 saturated heterocycles. The SMILES string of the molecule is O=C(NC1(C(=O)O)CCSCC1)c1cccc(C(F)(F)F)c1. The fourth-order valence-electron chi connectivity index (χ4n) is 2.24. The summed E-state index contributed by atoms with van der Waals surface area (Å²) in [7, 11) is 0. The van der Waals surface area contributed by atoms with Crippen LogP contribution in [0.3, 0.4) is 0 Å². The first-order chi connectivity index (χ1) is 10.2. The summed E-state index contributed by atoms with van der Waals surface area (Å²) in [6, 6.07) is 3.95. The van der Waals surface area contributed by atoms with E-state index >= 15 is 0 Å². The molecule has 1 amide bonds. The third kappa shape index (κ3) is 3.55. The highest BCUT2D eigenvalue weighted by molar-refractivity contribution is 7.99. The predicted octanol–water partition coefficient (Wildman–Crippen LogP) is 2.79. The summed E-state index contributed by atoms with van der Waals surface area (Å²) in [6.07, 6.45) is -4.06. The molecule has 1 aromatic carbocycles. The van der Waals surface area contributed by atoms with Crippen molar-refractivity contribution in [3.63, 3.8) is 0 Å². The van der Waals surface area contributed by atoms with Gasteiger partial charge in [0.1, 0.15) is 5.54 Å². The fourth-order valence-corrected chi connectivity index (χ4v) is 3.43. The summed E-state index contributed by atoms with van der Waals surface area (Å²) < 4.78 is 38.0. The zero-order valence-electron chi connectivity index (χ0n) is 11.4. The van der Waals surface area contributed by atoms with E-state index in [1.807, 2.05) is 0 Å². The summed E-state index contributed by atoms with van der Waals surface area (Å²) in [5.74, 6) is -0.807. The third-order valence-corrected chi connectivity index (χ3v) is 4.55. The van der Waals surface area contributed by atoms with Crippen LogP contribution < -0.4 is 5.32 Å². The number of halogens is 3. The van der Waals surface area contributed by atoms with E-state index < -0.39 is 29.2 Å². The first-order valence-corrected chi connectivity index (χ1v) is 7.71. The van der Waals surface area contributed by atoms with E-state index in [4.69, 9.17) is 0 Å². The Balaban J connectivity index is 2.22. The van der Waals surface area contributed by atoms with E-state index in [2.05, 4.69) is 5.32 Å². The molecule has 0 spiro atoms. The van der Waals surface area contributed by atoms with Crippen molar-refractivity contribution in [3.05, 3.63) is 35.4 Å². The number of carboxylic acid groups (broad SMARTS) is 1. The molecule has 1 aliphatic rings. The standard InChI is InChI=1S/C14H14F3NO3S/c15-14(16,17)10-3-1-2-9(8-10)11(19)18-13(12(20)21)4-6-22-7-5-13/h1-3,8H,4-7H2,(H,18,19)(H,20,21). The number of thioether (sulfide) groups is 1. The predicted molar refractivity (Wildman–Crippen MR) is 75.8 cm³/mol. The van der Waals surface area contributed by atoms with E-state index in [1.165, 1.54) is 6.07 Å². The Kier molecular flexibility index (Phi) is 4.69. The van der Waals surface area contributed by atoms with Gasteiger partial charge in [0.25, 0.3) is 5.91 Å². The monoisotopic (exact) mass is 333 g/mol. The maximum atomic E-state index is 12.7. The van der Waals surface area contributed by atoms with Crippen LogP contribution in [0.25, 0.3) is 0 Å². The van der Waals surface area contributed by atoms with Crippen molar-refractivity contribution >= 4 is 23.6 Å². The molecule has 1 aliphatic heterocycles. The van der Waals surface area contributed by atoms with Crippen LogP contribution in [0.1, 0.15) is 28.8 Å². The Hall–Kier alpha value is -1.70. The molecule has 0 aliphatic carbocycles. The molecule has 2 N–H and O–H groups in total. The Morgan fingerprint density at radius 1 is 1.23 bits per heavy atom. The number of hydrogen-bond acceptors (Lipinski definition) is 3. The molecule has 1 heterocycles. The minimum absolute atomic E-state index is 0.200. The number of nitrogens with one attached hydrogen (secondary N) is 1. The molecule has 1 aromatic rings. The molecule has 0 unspecified atom stereocenters. The summed E-state index contributed by atoms with van der Waals surface area (Å²) in [5, 5.41) is 11.8. The smallest absolute Gasteiger partial charge is 0.416 e. The Labute approximate surface area is 129 Å². The number of amides is 1. The van der Waals surface area contributed by atoms with Gasteiger partial charge in [0, 0.05) is 5.56 Å². The molecule has 120 valence electrons. The van der Waals surface area contributed by atoms with E-state index in [-0.39, 0.29) is 18.4 Å². The molecule has 22 heavy (non-hydrogen) atoms. The van der Waals surface area contributed by atoms with Crippen LogP contribution >= 0.6 is 11.8 Å². The van der Waals surface area contributed by atoms with Crippen molar-refractivity contribution in [2.75, 3.05) is 11.5 Å². The number of carbonyl (C=O) groups is 2. The molecule has 0 saturated carbocycles. The average molecular weight is 333 g/mol. The van der Waals surface area contributed by atoms with Crippen LogP contribution in [-0.2, 0) is 11.0 Å². The van der Waals surface area contributed by atoms with Crippen LogP contribution in [-0.4, -0.2) is 34.0 Å². The maximum absolute atomic E-state index is 12.7. The van der Waals surface area contributed by atoms with Crippen molar-refractivity contribution in [1.82, 2.24) is 5.32 Å². The van der Waals surface area contributed by atoms with Gasteiger partial charge in [0.15, 0.2) is 0 Å². The summed E-state index contributed by atoms with van der Waals surface area (Å²) >= 11 is 1.58. The van der Waals surface area contributed by atoms with Crippen molar-refractivity contribution < 1.29 is 27.9 Å². The zero-order chi connectivity index (χ0) is 16.4. The highest BCUT2D eigenvalue weighted by atomic mass is 32.2. The molecular formula is C14H14F3NO3S. The van der Waals surface area contributed by atoms with Crippen molar-refractivity contribution in [1.29, 1.82) is 0 Å². The minimum atomic E-state index is -4.55. The van der Waals surface area contributed by atoms with Crippen molar-refractivity contribution in [2.45, 2.75) is 24.6 Å². The number of benzene rings is 1. The van der Waals surface area contributed by atoms with Crippen molar-refractivity contribution in [3.8, 4) is 0 Å².